The highest BCUT2D eigenvalue weighted by atomic mass is 32.2. The van der Waals surface area contributed by atoms with Crippen LogP contribution in [0.15, 0.2) is 52.2 Å². The van der Waals surface area contributed by atoms with Crippen LogP contribution in [0.3, 0.4) is 0 Å². The number of rotatable bonds is 9. The molecule has 8 nitrogen and oxygen atoms in total. The van der Waals surface area contributed by atoms with E-state index in [1.54, 1.807) is 6.26 Å². The molecule has 9 heteroatoms. The first-order chi connectivity index (χ1) is 15.6. The number of amides is 1. The van der Waals surface area contributed by atoms with Crippen molar-refractivity contribution in [3.63, 3.8) is 0 Å². The molecule has 3 aromatic rings. The molecule has 1 N–H and O–H groups in total. The van der Waals surface area contributed by atoms with Crippen LogP contribution >= 0.6 is 11.8 Å². The summed E-state index contributed by atoms with van der Waals surface area (Å²) in [6.45, 7) is 6.89. The number of nitrogens with one attached hydrogen (secondary N) is 1. The van der Waals surface area contributed by atoms with E-state index in [1.807, 2.05) is 50.2 Å². The maximum absolute atomic E-state index is 12.8. The summed E-state index contributed by atoms with van der Waals surface area (Å²) < 4.78 is 13.1. The van der Waals surface area contributed by atoms with E-state index >= 15 is 0 Å². The lowest BCUT2D eigenvalue weighted by molar-refractivity contribution is -0.115. The van der Waals surface area contributed by atoms with Crippen molar-refractivity contribution in [1.29, 1.82) is 0 Å². The smallest absolute Gasteiger partial charge is 0.237 e. The lowest BCUT2D eigenvalue weighted by Crippen LogP contribution is -2.32. The number of hydrogen-bond acceptors (Lipinski definition) is 7. The number of aromatic nitrogens is 3. The van der Waals surface area contributed by atoms with Gasteiger partial charge in [0.2, 0.25) is 11.9 Å². The third kappa shape index (κ3) is 5.45. The van der Waals surface area contributed by atoms with E-state index in [0.29, 0.717) is 18.3 Å². The zero-order valence-corrected chi connectivity index (χ0v) is 19.3. The Hall–Kier alpha value is -2.94. The number of anilines is 2. The Kier molecular flexibility index (Phi) is 7.36. The minimum Gasteiger partial charge on any atom is -0.494 e. The first-order valence-corrected chi connectivity index (χ1v) is 11.9. The molecule has 2 aromatic heterocycles. The Bertz CT molecular complexity index is 997. The summed E-state index contributed by atoms with van der Waals surface area (Å²) >= 11 is 1.40. The molecular formula is C23H29N5O3S. The minimum absolute atomic E-state index is 0.0915. The highest BCUT2D eigenvalue weighted by Gasteiger charge is 2.24. The lowest BCUT2D eigenvalue weighted by Gasteiger charge is -2.27. The van der Waals surface area contributed by atoms with E-state index in [0.717, 1.165) is 49.1 Å². The predicted molar refractivity (Wildman–Crippen MR) is 125 cm³/mol. The van der Waals surface area contributed by atoms with E-state index in [2.05, 4.69) is 25.0 Å². The first-order valence-electron chi connectivity index (χ1n) is 11.0. The fourth-order valence-corrected chi connectivity index (χ4v) is 4.49. The molecule has 1 amide bonds. The number of ether oxygens (including phenoxy) is 1. The van der Waals surface area contributed by atoms with Crippen molar-refractivity contribution in [2.24, 2.45) is 0 Å². The van der Waals surface area contributed by atoms with Crippen LogP contribution in [0.5, 0.6) is 5.75 Å². The summed E-state index contributed by atoms with van der Waals surface area (Å²) in [4.78, 5) is 15.1. The van der Waals surface area contributed by atoms with Gasteiger partial charge >= 0.3 is 0 Å². The molecule has 0 bridgehead atoms. The van der Waals surface area contributed by atoms with E-state index in [4.69, 9.17) is 9.15 Å². The molecule has 1 atom stereocenters. The third-order valence-corrected chi connectivity index (χ3v) is 6.40. The molecule has 0 aliphatic carbocycles. The van der Waals surface area contributed by atoms with Crippen molar-refractivity contribution in [1.82, 2.24) is 14.8 Å². The van der Waals surface area contributed by atoms with Crippen molar-refractivity contribution in [2.45, 2.75) is 50.1 Å². The van der Waals surface area contributed by atoms with Crippen LogP contribution in [-0.2, 0) is 11.3 Å². The number of benzene rings is 1. The van der Waals surface area contributed by atoms with Crippen LogP contribution in [0.4, 0.5) is 11.6 Å². The molecular weight excluding hydrogens is 426 g/mol. The molecule has 4 rings (SSSR count). The maximum Gasteiger partial charge on any atom is 0.237 e. The van der Waals surface area contributed by atoms with E-state index in [1.165, 1.54) is 18.2 Å². The van der Waals surface area contributed by atoms with Gasteiger partial charge in [0.1, 0.15) is 11.5 Å². The molecule has 1 saturated heterocycles. The maximum atomic E-state index is 12.8. The molecule has 1 fully saturated rings. The van der Waals surface area contributed by atoms with Gasteiger partial charge in [-0.15, -0.1) is 10.2 Å². The molecule has 170 valence electrons. The molecule has 0 spiro atoms. The fraction of sp³-hybridized carbons (Fsp3) is 0.435. The quantitative estimate of drug-likeness (QED) is 0.478. The summed E-state index contributed by atoms with van der Waals surface area (Å²) in [7, 11) is 0. The lowest BCUT2D eigenvalue weighted by atomic mass is 10.1. The molecule has 32 heavy (non-hydrogen) atoms. The Morgan fingerprint density at radius 1 is 1.19 bits per heavy atom. The van der Waals surface area contributed by atoms with Gasteiger partial charge in [-0.1, -0.05) is 11.8 Å². The van der Waals surface area contributed by atoms with Gasteiger partial charge in [0.25, 0.3) is 0 Å². The molecule has 0 saturated carbocycles. The van der Waals surface area contributed by atoms with Gasteiger partial charge in [0.15, 0.2) is 5.16 Å². The second-order valence-electron chi connectivity index (χ2n) is 7.70. The Balaban J connectivity index is 1.47. The second-order valence-corrected chi connectivity index (χ2v) is 9.01. The minimum atomic E-state index is -0.352. The van der Waals surface area contributed by atoms with Crippen molar-refractivity contribution < 1.29 is 13.9 Å². The highest BCUT2D eigenvalue weighted by molar-refractivity contribution is 8.00. The highest BCUT2D eigenvalue weighted by Crippen LogP contribution is 2.29. The van der Waals surface area contributed by atoms with E-state index in [-0.39, 0.29) is 11.2 Å². The van der Waals surface area contributed by atoms with Gasteiger partial charge in [0.05, 0.1) is 24.7 Å². The average molecular weight is 456 g/mol. The molecule has 0 radical (unpaired) electrons. The van der Waals surface area contributed by atoms with Crippen LogP contribution < -0.4 is 15.0 Å². The van der Waals surface area contributed by atoms with Crippen LogP contribution in [0.25, 0.3) is 0 Å². The Labute approximate surface area is 192 Å². The average Bonchev–Trinajstić information content (AvgIpc) is 3.47. The molecule has 3 heterocycles. The number of piperidine rings is 1. The largest absolute Gasteiger partial charge is 0.494 e. The normalized spacial score (nSPS) is 14.9. The summed E-state index contributed by atoms with van der Waals surface area (Å²) in [5, 5.41) is 12.2. The van der Waals surface area contributed by atoms with Crippen LogP contribution in [0, 0.1) is 0 Å². The van der Waals surface area contributed by atoms with Gasteiger partial charge in [-0.3, -0.25) is 9.36 Å². The Morgan fingerprint density at radius 2 is 1.97 bits per heavy atom. The summed E-state index contributed by atoms with van der Waals surface area (Å²) in [5.74, 6) is 2.36. The topological polar surface area (TPSA) is 85.4 Å². The van der Waals surface area contributed by atoms with Crippen molar-refractivity contribution in [3.8, 4) is 5.75 Å². The van der Waals surface area contributed by atoms with Crippen LogP contribution in [0.1, 0.15) is 38.9 Å². The number of nitrogens with zero attached hydrogens (tertiary/aromatic N) is 4. The zero-order valence-electron chi connectivity index (χ0n) is 18.5. The van der Waals surface area contributed by atoms with Gasteiger partial charge < -0.3 is 19.4 Å². The number of carbonyl (C=O) groups excluding carboxylic acids is 1. The van der Waals surface area contributed by atoms with E-state index in [9.17, 15) is 4.79 Å². The molecule has 1 aromatic carbocycles. The predicted octanol–water partition coefficient (Wildman–Crippen LogP) is 4.43. The number of thioether (sulfide) groups is 1. The summed E-state index contributed by atoms with van der Waals surface area (Å²) in [6, 6.07) is 11.2. The van der Waals surface area contributed by atoms with Gasteiger partial charge in [-0.2, -0.15) is 0 Å². The van der Waals surface area contributed by atoms with Gasteiger partial charge in [0, 0.05) is 18.8 Å². The molecule has 1 unspecified atom stereocenters. The number of furan rings is 1. The van der Waals surface area contributed by atoms with Gasteiger partial charge in [-0.25, -0.2) is 0 Å². The van der Waals surface area contributed by atoms with Gasteiger partial charge in [-0.05, 0) is 69.5 Å². The van der Waals surface area contributed by atoms with E-state index < -0.39 is 0 Å². The van der Waals surface area contributed by atoms with Crippen LogP contribution in [0.2, 0.25) is 0 Å². The number of carbonyl (C=O) groups is 1. The van der Waals surface area contributed by atoms with Crippen molar-refractivity contribution in [2.75, 3.05) is 29.9 Å². The number of hydrogen-bond donors (Lipinski definition) is 1. The second kappa shape index (κ2) is 10.6. The zero-order chi connectivity index (χ0) is 22.3. The standard InChI is InChI=1S/C23H29N5O3S/c1-3-30-19-11-9-18(10-12-19)24-21(29)17(2)32-23-26-25-22(27-13-5-4-6-14-27)28(23)16-20-8-7-15-31-20/h7-12,15,17H,3-6,13-14,16H2,1-2H3,(H,24,29). The summed E-state index contributed by atoms with van der Waals surface area (Å²) in [5.41, 5.74) is 0.733. The Morgan fingerprint density at radius 3 is 2.66 bits per heavy atom. The third-order valence-electron chi connectivity index (χ3n) is 5.31. The van der Waals surface area contributed by atoms with Crippen molar-refractivity contribution in [3.05, 3.63) is 48.4 Å². The van der Waals surface area contributed by atoms with Crippen LogP contribution in [-0.4, -0.2) is 45.6 Å². The van der Waals surface area contributed by atoms with Crippen molar-refractivity contribution >= 4 is 29.3 Å². The molecule has 1 aliphatic rings. The fourth-order valence-electron chi connectivity index (χ4n) is 3.65. The SMILES string of the molecule is CCOc1ccc(NC(=O)C(C)Sc2nnc(N3CCCCC3)n2Cc2ccco2)cc1. The summed E-state index contributed by atoms with van der Waals surface area (Å²) in [6.07, 6.45) is 5.21. The monoisotopic (exact) mass is 455 g/mol. The first kappa shape index (κ1) is 22.3. The molecule has 1 aliphatic heterocycles.